The smallest absolute Gasteiger partial charge is 0.0622 e. The van der Waals surface area contributed by atoms with Gasteiger partial charge in [-0.25, -0.2) is 0 Å². The van der Waals surface area contributed by atoms with E-state index in [1.807, 2.05) is 50.6 Å². The normalized spacial score (nSPS) is 10.6. The first-order valence-corrected chi connectivity index (χ1v) is 6.82. The zero-order valence-electron chi connectivity index (χ0n) is 12.2. The van der Waals surface area contributed by atoms with E-state index < -0.39 is 0 Å². The van der Waals surface area contributed by atoms with Crippen molar-refractivity contribution in [2.24, 2.45) is 0 Å². The van der Waals surface area contributed by atoms with Crippen molar-refractivity contribution in [1.29, 1.82) is 0 Å². The third-order valence-electron chi connectivity index (χ3n) is 3.51. The van der Waals surface area contributed by atoms with E-state index in [2.05, 4.69) is 27.3 Å². The molecule has 0 saturated heterocycles. The number of para-hydroxylation sites is 2. The van der Waals surface area contributed by atoms with Gasteiger partial charge in [0.1, 0.15) is 0 Å². The molecule has 3 N–H and O–H groups in total. The molecule has 3 rings (SSSR count). The zero-order valence-corrected chi connectivity index (χ0v) is 12.2. The van der Waals surface area contributed by atoms with Crippen molar-refractivity contribution in [2.45, 2.75) is 0 Å². The van der Waals surface area contributed by atoms with E-state index in [0.29, 0.717) is 0 Å². The molecule has 106 valence electrons. The lowest BCUT2D eigenvalue weighted by atomic mass is 10.1. The Morgan fingerprint density at radius 1 is 0.952 bits per heavy atom. The molecule has 0 saturated carbocycles. The molecule has 0 bridgehead atoms. The van der Waals surface area contributed by atoms with Crippen molar-refractivity contribution in [3.05, 3.63) is 54.9 Å². The number of anilines is 4. The number of hydrogen-bond donors (Lipinski definition) is 2. The minimum absolute atomic E-state index is 0.763. The van der Waals surface area contributed by atoms with Crippen LogP contribution < -0.4 is 16.0 Å². The number of aromatic nitrogens is 1. The van der Waals surface area contributed by atoms with Crippen LogP contribution in [0.1, 0.15) is 0 Å². The van der Waals surface area contributed by atoms with E-state index in [-0.39, 0.29) is 0 Å². The fourth-order valence-electron chi connectivity index (χ4n) is 2.44. The number of pyridine rings is 1. The molecule has 0 aliphatic heterocycles. The molecule has 4 heteroatoms. The number of nitrogen functional groups attached to an aromatic ring is 1. The number of nitrogens with zero attached hydrogens (tertiary/aromatic N) is 2. The molecule has 3 aromatic rings. The fraction of sp³-hybridized carbons (Fsp3) is 0.118. The van der Waals surface area contributed by atoms with E-state index in [9.17, 15) is 0 Å². The third-order valence-corrected chi connectivity index (χ3v) is 3.51. The van der Waals surface area contributed by atoms with Crippen molar-refractivity contribution >= 4 is 33.5 Å². The molecule has 0 unspecified atom stereocenters. The van der Waals surface area contributed by atoms with Gasteiger partial charge in [-0.05, 0) is 30.3 Å². The third kappa shape index (κ3) is 2.48. The predicted octanol–water partition coefficient (Wildman–Crippen LogP) is 3.63. The van der Waals surface area contributed by atoms with Crippen LogP contribution in [0.5, 0.6) is 0 Å². The van der Waals surface area contributed by atoms with Crippen LogP contribution in [0.3, 0.4) is 0 Å². The van der Waals surface area contributed by atoms with Crippen LogP contribution in [0.25, 0.3) is 10.8 Å². The Bertz CT molecular complexity index is 781. The molecule has 0 radical (unpaired) electrons. The summed E-state index contributed by atoms with van der Waals surface area (Å²) in [5.74, 6) is 0. The van der Waals surface area contributed by atoms with Crippen LogP contribution in [-0.4, -0.2) is 19.1 Å². The highest BCUT2D eigenvalue weighted by Crippen LogP contribution is 2.32. The largest absolute Gasteiger partial charge is 0.398 e. The van der Waals surface area contributed by atoms with Crippen LogP contribution in [0.4, 0.5) is 22.7 Å². The van der Waals surface area contributed by atoms with Gasteiger partial charge in [0.2, 0.25) is 0 Å². The van der Waals surface area contributed by atoms with Crippen LogP contribution >= 0.6 is 0 Å². The molecule has 0 amide bonds. The van der Waals surface area contributed by atoms with Gasteiger partial charge in [-0.3, -0.25) is 4.98 Å². The lowest BCUT2D eigenvalue weighted by Crippen LogP contribution is -2.10. The summed E-state index contributed by atoms with van der Waals surface area (Å²) in [5.41, 5.74) is 9.98. The lowest BCUT2D eigenvalue weighted by molar-refractivity contribution is 1.13. The maximum atomic E-state index is 6.03. The Labute approximate surface area is 124 Å². The Hall–Kier alpha value is -2.75. The summed E-state index contributed by atoms with van der Waals surface area (Å²) in [7, 11) is 4.06. The standard InChI is InChI=1S/C17H18N4/c1-21(2)17-6-4-3-5-16(17)20-15-8-7-14(18)12-9-10-19-11-13(12)15/h3-11,20H,18H2,1-2H3. The molecular weight excluding hydrogens is 260 g/mol. The van der Waals surface area contributed by atoms with Gasteiger partial charge in [0.05, 0.1) is 11.4 Å². The summed E-state index contributed by atoms with van der Waals surface area (Å²) < 4.78 is 0. The van der Waals surface area contributed by atoms with E-state index in [4.69, 9.17) is 5.73 Å². The average molecular weight is 278 g/mol. The zero-order chi connectivity index (χ0) is 14.8. The van der Waals surface area contributed by atoms with Gasteiger partial charge in [-0.2, -0.15) is 0 Å². The molecule has 0 spiro atoms. The number of benzene rings is 2. The van der Waals surface area contributed by atoms with Gasteiger partial charge >= 0.3 is 0 Å². The summed E-state index contributed by atoms with van der Waals surface area (Å²) in [4.78, 5) is 6.29. The van der Waals surface area contributed by atoms with Crippen LogP contribution in [0.2, 0.25) is 0 Å². The molecule has 0 atom stereocenters. The average Bonchev–Trinajstić information content (AvgIpc) is 2.51. The summed E-state index contributed by atoms with van der Waals surface area (Å²) in [6, 6.07) is 14.0. The maximum Gasteiger partial charge on any atom is 0.0622 e. The first-order chi connectivity index (χ1) is 10.2. The van der Waals surface area contributed by atoms with Crippen molar-refractivity contribution in [3.63, 3.8) is 0 Å². The number of fused-ring (bicyclic) bond motifs is 1. The number of nitrogens with one attached hydrogen (secondary N) is 1. The van der Waals surface area contributed by atoms with Gasteiger partial charge in [-0.15, -0.1) is 0 Å². The number of nitrogens with two attached hydrogens (primary N) is 1. The van der Waals surface area contributed by atoms with Gasteiger partial charge in [0.15, 0.2) is 0 Å². The van der Waals surface area contributed by atoms with Crippen molar-refractivity contribution in [2.75, 3.05) is 30.0 Å². The maximum absolute atomic E-state index is 6.03. The summed E-state index contributed by atoms with van der Waals surface area (Å²) >= 11 is 0. The SMILES string of the molecule is CN(C)c1ccccc1Nc1ccc(N)c2ccncc12. The molecule has 21 heavy (non-hydrogen) atoms. The first-order valence-electron chi connectivity index (χ1n) is 6.82. The molecule has 1 aromatic heterocycles. The molecule has 0 aliphatic rings. The van der Waals surface area contributed by atoms with Gasteiger partial charge in [0, 0.05) is 48.6 Å². The Balaban J connectivity index is 2.09. The Morgan fingerprint density at radius 3 is 2.57 bits per heavy atom. The minimum atomic E-state index is 0.763. The first kappa shape index (κ1) is 13.2. The highest BCUT2D eigenvalue weighted by Gasteiger charge is 2.07. The second-order valence-corrected chi connectivity index (χ2v) is 5.16. The predicted molar refractivity (Wildman–Crippen MR) is 90.2 cm³/mol. The van der Waals surface area contributed by atoms with Crippen molar-refractivity contribution < 1.29 is 0 Å². The number of rotatable bonds is 3. The number of hydrogen-bond acceptors (Lipinski definition) is 4. The fourth-order valence-corrected chi connectivity index (χ4v) is 2.44. The minimum Gasteiger partial charge on any atom is -0.398 e. The lowest BCUT2D eigenvalue weighted by Gasteiger charge is -2.19. The van der Waals surface area contributed by atoms with E-state index in [1.165, 1.54) is 0 Å². The second kappa shape index (κ2) is 5.32. The van der Waals surface area contributed by atoms with Crippen molar-refractivity contribution in [1.82, 2.24) is 4.98 Å². The van der Waals surface area contributed by atoms with Crippen molar-refractivity contribution in [3.8, 4) is 0 Å². The topological polar surface area (TPSA) is 54.2 Å². The van der Waals surface area contributed by atoms with Gasteiger partial charge in [0.25, 0.3) is 0 Å². The van der Waals surface area contributed by atoms with E-state index in [1.54, 1.807) is 6.20 Å². The summed E-state index contributed by atoms with van der Waals surface area (Å²) in [6.45, 7) is 0. The molecule has 1 heterocycles. The van der Waals surface area contributed by atoms with Crippen LogP contribution in [0.15, 0.2) is 54.9 Å². The highest BCUT2D eigenvalue weighted by molar-refractivity contribution is 6.02. The van der Waals surface area contributed by atoms with Gasteiger partial charge < -0.3 is 16.0 Å². The molecule has 0 aliphatic carbocycles. The molecular formula is C17H18N4. The quantitative estimate of drug-likeness (QED) is 0.718. The molecule has 0 fully saturated rings. The van der Waals surface area contributed by atoms with Gasteiger partial charge in [-0.1, -0.05) is 12.1 Å². The monoisotopic (exact) mass is 278 g/mol. The highest BCUT2D eigenvalue weighted by atomic mass is 15.1. The summed E-state index contributed by atoms with van der Waals surface area (Å²) in [5, 5.41) is 5.52. The summed E-state index contributed by atoms with van der Waals surface area (Å²) in [6.07, 6.45) is 3.60. The molecule has 4 nitrogen and oxygen atoms in total. The second-order valence-electron chi connectivity index (χ2n) is 5.16. The molecule has 2 aromatic carbocycles. The Kier molecular flexibility index (Phi) is 3.36. The van der Waals surface area contributed by atoms with E-state index >= 15 is 0 Å². The van der Waals surface area contributed by atoms with Crippen LogP contribution in [0, 0.1) is 0 Å². The van der Waals surface area contributed by atoms with Crippen LogP contribution in [-0.2, 0) is 0 Å². The Morgan fingerprint density at radius 2 is 1.76 bits per heavy atom. The van der Waals surface area contributed by atoms with E-state index in [0.717, 1.165) is 33.5 Å².